The Morgan fingerprint density at radius 3 is 2.50 bits per heavy atom. The smallest absolute Gasteiger partial charge is 0.255 e. The molecule has 1 heterocycles. The van der Waals surface area contributed by atoms with Crippen molar-refractivity contribution in [3.63, 3.8) is 0 Å². The van der Waals surface area contributed by atoms with Gasteiger partial charge in [-0.25, -0.2) is 0 Å². The molecule has 0 radical (unpaired) electrons. The summed E-state index contributed by atoms with van der Waals surface area (Å²) < 4.78 is 11.4. The monoisotopic (exact) mass is 334 g/mol. The highest BCUT2D eigenvalue weighted by Gasteiger charge is 2.17. The van der Waals surface area contributed by atoms with Crippen molar-refractivity contribution in [3.8, 4) is 11.5 Å². The zero-order chi connectivity index (χ0) is 14.1. The fourth-order valence-corrected chi connectivity index (χ4v) is 2.13. The molecule has 0 saturated carbocycles. The van der Waals surface area contributed by atoms with Crippen LogP contribution in [0.15, 0.2) is 40.9 Å². The van der Waals surface area contributed by atoms with E-state index in [1.54, 1.807) is 36.4 Å². The van der Waals surface area contributed by atoms with Crippen molar-refractivity contribution in [2.24, 2.45) is 0 Å². The van der Waals surface area contributed by atoms with E-state index in [0.29, 0.717) is 28.4 Å². The van der Waals surface area contributed by atoms with Crippen molar-refractivity contribution in [3.05, 3.63) is 46.4 Å². The maximum absolute atomic E-state index is 12.1. The van der Waals surface area contributed by atoms with Gasteiger partial charge >= 0.3 is 0 Å². The van der Waals surface area contributed by atoms with Gasteiger partial charge in [0.1, 0.15) is 0 Å². The van der Waals surface area contributed by atoms with Gasteiger partial charge in [-0.15, -0.1) is 0 Å². The molecule has 0 aliphatic carbocycles. The van der Waals surface area contributed by atoms with E-state index >= 15 is 0 Å². The highest BCUT2D eigenvalue weighted by molar-refractivity contribution is 9.10. The summed E-state index contributed by atoms with van der Waals surface area (Å²) in [5.41, 5.74) is 7.37. The highest BCUT2D eigenvalue weighted by Crippen LogP contribution is 2.38. The minimum Gasteiger partial charge on any atom is -0.454 e. The number of anilines is 2. The second-order valence-corrected chi connectivity index (χ2v) is 5.17. The molecule has 0 spiro atoms. The first-order chi connectivity index (χ1) is 9.63. The number of hydrogen-bond donors (Lipinski definition) is 2. The number of fused-ring (bicyclic) bond motifs is 1. The molecule has 0 fully saturated rings. The van der Waals surface area contributed by atoms with Crippen molar-refractivity contribution in [1.29, 1.82) is 0 Å². The molecule has 5 nitrogen and oxygen atoms in total. The van der Waals surface area contributed by atoms with Gasteiger partial charge in [0.25, 0.3) is 5.91 Å². The molecule has 1 aliphatic rings. The van der Waals surface area contributed by atoms with Gasteiger partial charge in [0.15, 0.2) is 11.5 Å². The Morgan fingerprint density at radius 2 is 1.80 bits per heavy atom. The van der Waals surface area contributed by atoms with Gasteiger partial charge in [-0.3, -0.25) is 4.79 Å². The Hall–Kier alpha value is -2.21. The molecule has 0 bridgehead atoms. The minimum absolute atomic E-state index is 0.166. The Morgan fingerprint density at radius 1 is 1.15 bits per heavy atom. The van der Waals surface area contributed by atoms with Crippen LogP contribution in [-0.2, 0) is 0 Å². The maximum atomic E-state index is 12.1. The highest BCUT2D eigenvalue weighted by atomic mass is 79.9. The van der Waals surface area contributed by atoms with Crippen molar-refractivity contribution >= 4 is 33.2 Å². The van der Waals surface area contributed by atoms with Gasteiger partial charge in [0.05, 0.1) is 11.4 Å². The third-order valence-corrected chi connectivity index (χ3v) is 3.43. The number of carbonyl (C=O) groups excluding carboxylic acids is 1. The van der Waals surface area contributed by atoms with Crippen molar-refractivity contribution in [2.75, 3.05) is 17.8 Å². The number of nitrogens with one attached hydrogen (secondary N) is 1. The minimum atomic E-state index is -0.233. The lowest BCUT2D eigenvalue weighted by Crippen LogP contribution is -2.13. The number of nitrogen functional groups attached to an aromatic ring is 1. The molecule has 102 valence electrons. The average molecular weight is 335 g/mol. The first-order valence-electron chi connectivity index (χ1n) is 5.89. The number of benzene rings is 2. The van der Waals surface area contributed by atoms with E-state index in [9.17, 15) is 4.79 Å². The molecule has 2 aromatic rings. The van der Waals surface area contributed by atoms with Crippen LogP contribution < -0.4 is 20.5 Å². The Labute approximate surface area is 123 Å². The summed E-state index contributed by atoms with van der Waals surface area (Å²) in [5.74, 6) is 0.928. The maximum Gasteiger partial charge on any atom is 0.255 e. The summed E-state index contributed by atoms with van der Waals surface area (Å²) in [4.78, 5) is 12.1. The normalized spacial score (nSPS) is 12.2. The number of hydrogen-bond acceptors (Lipinski definition) is 4. The zero-order valence-electron chi connectivity index (χ0n) is 10.4. The second kappa shape index (κ2) is 5.05. The SMILES string of the molecule is Nc1cc2c(cc1NC(=O)c1ccc(Br)cc1)OCO2. The summed E-state index contributed by atoms with van der Waals surface area (Å²) in [6, 6.07) is 10.4. The van der Waals surface area contributed by atoms with E-state index in [1.165, 1.54) is 0 Å². The van der Waals surface area contributed by atoms with Crippen LogP contribution in [0.1, 0.15) is 10.4 Å². The number of ether oxygens (including phenoxy) is 2. The number of amides is 1. The Kier molecular flexibility index (Phi) is 3.23. The van der Waals surface area contributed by atoms with Crippen LogP contribution in [0.5, 0.6) is 11.5 Å². The predicted octanol–water partition coefficient (Wildman–Crippen LogP) is 3.01. The average Bonchev–Trinajstić information content (AvgIpc) is 2.87. The van der Waals surface area contributed by atoms with Crippen molar-refractivity contribution in [1.82, 2.24) is 0 Å². The lowest BCUT2D eigenvalue weighted by molar-refractivity contribution is 0.102. The van der Waals surface area contributed by atoms with E-state index in [4.69, 9.17) is 15.2 Å². The van der Waals surface area contributed by atoms with E-state index < -0.39 is 0 Å². The molecule has 0 aromatic heterocycles. The van der Waals surface area contributed by atoms with Crippen LogP contribution in [0.2, 0.25) is 0 Å². The largest absolute Gasteiger partial charge is 0.454 e. The van der Waals surface area contributed by atoms with E-state index in [0.717, 1.165) is 4.47 Å². The standard InChI is InChI=1S/C14H11BrN2O3/c15-9-3-1-8(2-4-9)14(18)17-11-6-13-12(5-10(11)16)19-7-20-13/h1-6H,7,16H2,(H,17,18). The number of nitrogens with two attached hydrogens (primary N) is 1. The number of halogens is 1. The molecular formula is C14H11BrN2O3. The van der Waals surface area contributed by atoms with Gasteiger partial charge in [0, 0.05) is 22.2 Å². The van der Waals surface area contributed by atoms with E-state index in [-0.39, 0.29) is 12.7 Å². The molecule has 20 heavy (non-hydrogen) atoms. The first-order valence-corrected chi connectivity index (χ1v) is 6.69. The topological polar surface area (TPSA) is 73.6 Å². The van der Waals surface area contributed by atoms with Crippen LogP contribution in [0, 0.1) is 0 Å². The van der Waals surface area contributed by atoms with Gasteiger partial charge in [0.2, 0.25) is 6.79 Å². The molecule has 1 aliphatic heterocycles. The summed E-state index contributed by atoms with van der Waals surface area (Å²) in [6.45, 7) is 0.166. The van der Waals surface area contributed by atoms with Crippen LogP contribution in [0.4, 0.5) is 11.4 Å². The molecule has 2 aromatic carbocycles. The third kappa shape index (κ3) is 2.42. The van der Waals surface area contributed by atoms with Gasteiger partial charge in [-0.05, 0) is 24.3 Å². The van der Waals surface area contributed by atoms with Crippen LogP contribution in [0.3, 0.4) is 0 Å². The van der Waals surface area contributed by atoms with Gasteiger partial charge < -0.3 is 20.5 Å². The third-order valence-electron chi connectivity index (χ3n) is 2.90. The molecule has 6 heteroatoms. The second-order valence-electron chi connectivity index (χ2n) is 4.25. The quantitative estimate of drug-likeness (QED) is 0.828. The molecule has 0 saturated heterocycles. The van der Waals surface area contributed by atoms with Crippen molar-refractivity contribution in [2.45, 2.75) is 0 Å². The first kappa shape index (κ1) is 12.8. The zero-order valence-corrected chi connectivity index (χ0v) is 11.9. The Balaban J connectivity index is 1.84. The molecule has 1 amide bonds. The van der Waals surface area contributed by atoms with Crippen LogP contribution in [0.25, 0.3) is 0 Å². The Bertz CT molecular complexity index is 671. The molecule has 3 N–H and O–H groups in total. The van der Waals surface area contributed by atoms with Gasteiger partial charge in [-0.1, -0.05) is 15.9 Å². The van der Waals surface area contributed by atoms with Crippen LogP contribution >= 0.6 is 15.9 Å². The number of rotatable bonds is 2. The number of carbonyl (C=O) groups is 1. The molecular weight excluding hydrogens is 324 g/mol. The summed E-state index contributed by atoms with van der Waals surface area (Å²) in [5, 5.41) is 2.76. The summed E-state index contributed by atoms with van der Waals surface area (Å²) in [6.07, 6.45) is 0. The summed E-state index contributed by atoms with van der Waals surface area (Å²) >= 11 is 3.32. The lowest BCUT2D eigenvalue weighted by atomic mass is 10.2. The van der Waals surface area contributed by atoms with Gasteiger partial charge in [-0.2, -0.15) is 0 Å². The summed E-state index contributed by atoms with van der Waals surface area (Å²) in [7, 11) is 0. The van der Waals surface area contributed by atoms with E-state index in [2.05, 4.69) is 21.2 Å². The molecule has 3 rings (SSSR count). The van der Waals surface area contributed by atoms with Crippen LogP contribution in [-0.4, -0.2) is 12.7 Å². The predicted molar refractivity (Wildman–Crippen MR) is 79.1 cm³/mol. The molecule has 0 unspecified atom stereocenters. The van der Waals surface area contributed by atoms with Crippen molar-refractivity contribution < 1.29 is 14.3 Å². The fourth-order valence-electron chi connectivity index (χ4n) is 1.86. The fraction of sp³-hybridized carbons (Fsp3) is 0.0714. The lowest BCUT2D eigenvalue weighted by Gasteiger charge is -2.09. The van der Waals surface area contributed by atoms with E-state index in [1.807, 2.05) is 0 Å². The molecule has 0 atom stereocenters.